The van der Waals surface area contributed by atoms with Gasteiger partial charge in [0, 0.05) is 49.7 Å². The monoisotopic (exact) mass is 794 g/mol. The van der Waals surface area contributed by atoms with Crippen molar-refractivity contribution in [3.05, 3.63) is 206 Å². The number of hydrogen-bond donors (Lipinski definition) is 0. The number of benzene rings is 8. The van der Waals surface area contributed by atoms with Crippen LogP contribution in [0, 0.1) is 0 Å². The average molecular weight is 795 g/mol. The molecule has 0 bridgehead atoms. The first-order chi connectivity index (χ1) is 30.7. The van der Waals surface area contributed by atoms with E-state index >= 15 is 0 Å². The molecule has 0 saturated carbocycles. The summed E-state index contributed by atoms with van der Waals surface area (Å²) in [6, 6.07) is 70.5. The minimum Gasteiger partial charge on any atom is -0.452 e. The molecule has 290 valence electrons. The second-order valence-corrected chi connectivity index (χ2v) is 15.3. The van der Waals surface area contributed by atoms with E-state index in [1.165, 1.54) is 0 Å². The maximum Gasteiger partial charge on any atom is 0.180 e. The fourth-order valence-electron chi connectivity index (χ4n) is 8.47. The molecule has 12 rings (SSSR count). The highest BCUT2D eigenvalue weighted by Gasteiger charge is 2.22. The van der Waals surface area contributed by atoms with Gasteiger partial charge in [-0.3, -0.25) is 0 Å². The first-order valence-electron chi connectivity index (χ1n) is 20.6. The lowest BCUT2D eigenvalue weighted by Crippen LogP contribution is -2.01. The van der Waals surface area contributed by atoms with Gasteiger partial charge in [0.05, 0.1) is 11.0 Å². The number of fused-ring (bicyclic) bond motifs is 6. The van der Waals surface area contributed by atoms with E-state index in [1.807, 2.05) is 84.9 Å². The maximum absolute atomic E-state index is 6.75. The lowest BCUT2D eigenvalue weighted by molar-refractivity contribution is 0.668. The molecule has 0 aliphatic carbocycles. The molecule has 8 aromatic carbocycles. The molecule has 4 aromatic heterocycles. The van der Waals surface area contributed by atoms with Gasteiger partial charge in [0.2, 0.25) is 0 Å². The van der Waals surface area contributed by atoms with Crippen LogP contribution in [0.25, 0.3) is 117 Å². The fourth-order valence-corrected chi connectivity index (χ4v) is 8.47. The third-order valence-corrected chi connectivity index (χ3v) is 11.5. The zero-order chi connectivity index (χ0) is 41.0. The van der Waals surface area contributed by atoms with E-state index in [1.54, 1.807) is 0 Å². The predicted molar refractivity (Wildman–Crippen MR) is 250 cm³/mol. The molecule has 0 aliphatic rings. The number of furan rings is 1. The molecular weight excluding hydrogens is 761 g/mol. The van der Waals surface area contributed by atoms with Crippen molar-refractivity contribution in [1.82, 2.24) is 29.5 Å². The van der Waals surface area contributed by atoms with E-state index in [0.29, 0.717) is 28.9 Å². The van der Waals surface area contributed by atoms with Crippen LogP contribution in [0.15, 0.2) is 211 Å². The van der Waals surface area contributed by atoms with Gasteiger partial charge in [-0.2, -0.15) is 0 Å². The zero-order valence-corrected chi connectivity index (χ0v) is 33.2. The van der Waals surface area contributed by atoms with Crippen LogP contribution < -0.4 is 0 Å². The van der Waals surface area contributed by atoms with Crippen molar-refractivity contribution in [2.24, 2.45) is 0 Å². The molecule has 7 nitrogen and oxygen atoms in total. The Hall–Kier alpha value is -8.55. The average Bonchev–Trinajstić information content (AvgIpc) is 3.88. The van der Waals surface area contributed by atoms with Gasteiger partial charge in [-0.1, -0.05) is 176 Å². The highest BCUT2D eigenvalue weighted by Crippen LogP contribution is 2.41. The van der Waals surface area contributed by atoms with Crippen molar-refractivity contribution >= 4 is 43.9 Å². The highest BCUT2D eigenvalue weighted by atomic mass is 16.3. The number of nitrogens with zero attached hydrogens (tertiary/aromatic N) is 6. The van der Waals surface area contributed by atoms with Crippen molar-refractivity contribution in [3.63, 3.8) is 0 Å². The molecular formula is C55H34N6O. The summed E-state index contributed by atoms with van der Waals surface area (Å²) in [6.45, 7) is 0. The minimum atomic E-state index is 0.588. The number of rotatable bonds is 7. The fraction of sp³-hybridized carbons (Fsp3) is 0. The van der Waals surface area contributed by atoms with E-state index in [2.05, 4.69) is 126 Å². The lowest BCUT2D eigenvalue weighted by atomic mass is 10.0. The van der Waals surface area contributed by atoms with E-state index in [-0.39, 0.29) is 0 Å². The molecule has 0 aliphatic heterocycles. The predicted octanol–water partition coefficient (Wildman–Crippen LogP) is 13.7. The molecule has 7 heteroatoms. The maximum atomic E-state index is 6.75. The van der Waals surface area contributed by atoms with Crippen LogP contribution in [0.2, 0.25) is 0 Å². The van der Waals surface area contributed by atoms with Gasteiger partial charge < -0.3 is 8.98 Å². The van der Waals surface area contributed by atoms with Crippen molar-refractivity contribution in [2.75, 3.05) is 0 Å². The lowest BCUT2D eigenvalue weighted by Gasteiger charge is -2.12. The van der Waals surface area contributed by atoms with Gasteiger partial charge in [-0.05, 0) is 41.5 Å². The Labute approximate surface area is 356 Å². The summed E-state index contributed by atoms with van der Waals surface area (Å²) in [6.07, 6.45) is 0. The summed E-state index contributed by atoms with van der Waals surface area (Å²) >= 11 is 0. The molecule has 4 heterocycles. The third kappa shape index (κ3) is 6.11. The minimum absolute atomic E-state index is 0.588. The topological polar surface area (TPSA) is 82.5 Å². The zero-order valence-electron chi connectivity index (χ0n) is 33.2. The molecule has 0 spiro atoms. The third-order valence-electron chi connectivity index (χ3n) is 11.5. The summed E-state index contributed by atoms with van der Waals surface area (Å²) in [5, 5.41) is 3.10. The normalized spacial score (nSPS) is 11.5. The second kappa shape index (κ2) is 14.6. The van der Waals surface area contributed by atoms with Gasteiger partial charge in [0.15, 0.2) is 28.9 Å². The summed E-state index contributed by atoms with van der Waals surface area (Å²) in [5.41, 5.74) is 12.9. The molecule has 0 radical (unpaired) electrons. The van der Waals surface area contributed by atoms with Crippen molar-refractivity contribution < 1.29 is 4.42 Å². The molecule has 0 fully saturated rings. The van der Waals surface area contributed by atoms with Crippen molar-refractivity contribution in [3.8, 4) is 73.6 Å². The largest absolute Gasteiger partial charge is 0.452 e. The Morgan fingerprint density at radius 3 is 1.48 bits per heavy atom. The first kappa shape index (κ1) is 35.4. The molecule has 0 atom stereocenters. The summed E-state index contributed by atoms with van der Waals surface area (Å²) < 4.78 is 9.06. The Morgan fingerprint density at radius 1 is 0.323 bits per heavy atom. The van der Waals surface area contributed by atoms with Crippen LogP contribution in [0.3, 0.4) is 0 Å². The number of hydrogen-bond acceptors (Lipinski definition) is 6. The van der Waals surface area contributed by atoms with Crippen LogP contribution in [-0.2, 0) is 0 Å². The summed E-state index contributed by atoms with van der Waals surface area (Å²) in [7, 11) is 0. The SMILES string of the molecule is c1ccc(-c2ccc(-c3nc(-c4ccccc4)nc(-c4cccc(-n5c6ccccc6c6cc7oc8c(-c9ccccc9)nc(-c9ccccc9)nc8c7cc65)c4)n3)cc2)cc1. The van der Waals surface area contributed by atoms with E-state index in [4.69, 9.17) is 29.3 Å². The Balaban J connectivity index is 1.04. The van der Waals surface area contributed by atoms with Crippen LogP contribution >= 0.6 is 0 Å². The van der Waals surface area contributed by atoms with Crippen molar-refractivity contribution in [1.29, 1.82) is 0 Å². The van der Waals surface area contributed by atoms with Gasteiger partial charge in [0.1, 0.15) is 16.8 Å². The molecule has 0 N–H and O–H groups in total. The van der Waals surface area contributed by atoms with Crippen molar-refractivity contribution in [2.45, 2.75) is 0 Å². The van der Waals surface area contributed by atoms with Crippen LogP contribution in [0.4, 0.5) is 0 Å². The van der Waals surface area contributed by atoms with E-state index < -0.39 is 0 Å². The smallest absolute Gasteiger partial charge is 0.180 e. The van der Waals surface area contributed by atoms with Gasteiger partial charge >= 0.3 is 0 Å². The number of aromatic nitrogens is 6. The van der Waals surface area contributed by atoms with Crippen LogP contribution in [0.1, 0.15) is 0 Å². The van der Waals surface area contributed by atoms with Crippen LogP contribution in [-0.4, -0.2) is 29.5 Å². The van der Waals surface area contributed by atoms with Gasteiger partial charge in [0.25, 0.3) is 0 Å². The Bertz CT molecular complexity index is 3600. The second-order valence-electron chi connectivity index (χ2n) is 15.3. The summed E-state index contributed by atoms with van der Waals surface area (Å²) in [5.74, 6) is 2.45. The molecule has 0 amide bonds. The summed E-state index contributed by atoms with van der Waals surface area (Å²) in [4.78, 5) is 25.5. The quantitative estimate of drug-likeness (QED) is 0.160. The Kier molecular flexibility index (Phi) is 8.35. The van der Waals surface area contributed by atoms with E-state index in [9.17, 15) is 0 Å². The first-order valence-corrected chi connectivity index (χ1v) is 20.6. The van der Waals surface area contributed by atoms with Gasteiger partial charge in [-0.15, -0.1) is 0 Å². The molecule has 0 unspecified atom stereocenters. The van der Waals surface area contributed by atoms with Crippen LogP contribution in [0.5, 0.6) is 0 Å². The standard InChI is InChI=1S/C55H34N6O/c1-5-16-35(17-6-1)36-28-30-40(31-29-36)54-58-53(39-22-11-4-12-23-39)59-55(60-54)41-24-15-25-42(32-41)61-46-27-14-13-26-43(46)44-34-48-45(33-47(44)61)50-51(62-48)49(37-18-7-2-8-19-37)56-52(57-50)38-20-9-3-10-21-38/h1-34H. The van der Waals surface area contributed by atoms with E-state index in [0.717, 1.165) is 88.6 Å². The molecule has 0 saturated heterocycles. The highest BCUT2D eigenvalue weighted by molar-refractivity contribution is 6.17. The molecule has 12 aromatic rings. The Morgan fingerprint density at radius 2 is 0.823 bits per heavy atom. The number of para-hydroxylation sites is 1. The van der Waals surface area contributed by atoms with Gasteiger partial charge in [-0.25, -0.2) is 24.9 Å². The molecule has 62 heavy (non-hydrogen) atoms.